The van der Waals surface area contributed by atoms with Gasteiger partial charge in [0.25, 0.3) is 0 Å². The monoisotopic (exact) mass is 1460 g/mol. The second-order valence-electron chi connectivity index (χ2n) is 28.3. The SMILES string of the molecule is C#Cc1c(F)ccc2cc(OCOC)cc(-c3ncc4c(N5C[C@H]6CC[C@@H](C5)N6C(=O)OC(C)(C)C)nc(OC[C@@]5(C(=O)N6CCOC(COCCOc7ccc8c(c7)O[C@H](C)CN(Cc7cc(C(CC(=O)OCC)c9cc(OC)c%10c(c9)nnn%10C)ccc7C)S8(=O)=O)C6)CCCN5C)nc4c3F)c12. The third-order valence-electron chi connectivity index (χ3n) is 20.1. The summed E-state index contributed by atoms with van der Waals surface area (Å²) in [6.07, 6.45) is 8.41. The number of nitrogens with zero attached hydrogens (tertiary/aromatic N) is 11. The third-order valence-corrected chi connectivity index (χ3v) is 22.0. The summed E-state index contributed by atoms with van der Waals surface area (Å²) >= 11 is 0. The molecule has 105 heavy (non-hydrogen) atoms. The van der Waals surface area contributed by atoms with Crippen LogP contribution in [0.2, 0.25) is 0 Å². The van der Waals surface area contributed by atoms with Crippen molar-refractivity contribution >= 4 is 66.5 Å². The molecule has 5 aromatic carbocycles. The van der Waals surface area contributed by atoms with E-state index in [2.05, 4.69) is 21.2 Å². The van der Waals surface area contributed by atoms with Crippen molar-refractivity contribution in [1.29, 1.82) is 0 Å². The lowest BCUT2D eigenvalue weighted by atomic mass is 9.86. The molecule has 0 saturated carbocycles. The Kier molecular flexibility index (Phi) is 21.4. The van der Waals surface area contributed by atoms with Crippen LogP contribution in [0.4, 0.5) is 19.4 Å². The molecule has 2 bridgehead atoms. The van der Waals surface area contributed by atoms with Crippen molar-refractivity contribution in [2.75, 3.05) is 112 Å². The maximum Gasteiger partial charge on any atom is 0.410 e. The number of terminal acetylenes is 1. The van der Waals surface area contributed by atoms with Gasteiger partial charge in [0.05, 0.1) is 75.6 Å². The summed E-state index contributed by atoms with van der Waals surface area (Å²) in [6, 6.07) is 19.4. The van der Waals surface area contributed by atoms with Gasteiger partial charge < -0.3 is 57.2 Å². The van der Waals surface area contributed by atoms with Gasteiger partial charge in [0.1, 0.15) is 92.2 Å². The normalized spacial score (nSPS) is 20.7. The summed E-state index contributed by atoms with van der Waals surface area (Å²) in [4.78, 5) is 64.0. The molecule has 0 spiro atoms. The fourth-order valence-corrected chi connectivity index (χ4v) is 16.6. The molecule has 3 aromatic heterocycles. The minimum absolute atomic E-state index is 0.00865. The molecule has 13 rings (SSSR count). The molecule has 5 aliphatic heterocycles. The summed E-state index contributed by atoms with van der Waals surface area (Å²) < 4.78 is 125. The number of pyridine rings is 1. The Labute approximate surface area is 608 Å². The van der Waals surface area contributed by atoms with Crippen LogP contribution in [0.3, 0.4) is 0 Å². The molecule has 2 amide bonds. The van der Waals surface area contributed by atoms with Crippen LogP contribution >= 0.6 is 0 Å². The molecule has 29 heteroatoms. The van der Waals surface area contributed by atoms with Crippen LogP contribution in [0, 0.1) is 30.9 Å². The van der Waals surface area contributed by atoms with E-state index in [4.69, 9.17) is 63.8 Å². The summed E-state index contributed by atoms with van der Waals surface area (Å²) in [5, 5.41) is 9.45. The van der Waals surface area contributed by atoms with E-state index in [9.17, 15) is 18.0 Å². The predicted molar refractivity (Wildman–Crippen MR) is 384 cm³/mol. The number of likely N-dealkylation sites (tertiary alicyclic amines) is 1. The van der Waals surface area contributed by atoms with E-state index in [0.717, 1.165) is 22.3 Å². The van der Waals surface area contributed by atoms with Crippen molar-refractivity contribution in [2.45, 2.75) is 126 Å². The molecule has 0 aliphatic carbocycles. The van der Waals surface area contributed by atoms with E-state index < -0.39 is 63.0 Å². The average molecular weight is 1460 g/mol. The van der Waals surface area contributed by atoms with Crippen molar-refractivity contribution < 1.29 is 79.0 Å². The number of benzene rings is 5. The maximum absolute atomic E-state index is 18.0. The number of hydrogen-bond donors (Lipinski definition) is 0. The van der Waals surface area contributed by atoms with Crippen LogP contribution in [0.5, 0.6) is 29.0 Å². The first-order valence-corrected chi connectivity index (χ1v) is 36.7. The van der Waals surface area contributed by atoms with Gasteiger partial charge in [-0.05, 0) is 151 Å². The number of sulfonamides is 1. The Morgan fingerprint density at radius 1 is 0.895 bits per heavy atom. The minimum atomic E-state index is -4.13. The molecule has 6 atom stereocenters. The zero-order valence-corrected chi connectivity index (χ0v) is 61.4. The number of aromatic nitrogens is 6. The van der Waals surface area contributed by atoms with E-state index in [-0.39, 0.29) is 146 Å². The number of carbonyl (C=O) groups excluding carboxylic acids is 3. The molecule has 8 heterocycles. The molecule has 2 unspecified atom stereocenters. The van der Waals surface area contributed by atoms with Crippen LogP contribution in [0.25, 0.3) is 44.0 Å². The lowest BCUT2D eigenvalue weighted by molar-refractivity contribution is -0.154. The Morgan fingerprint density at radius 2 is 1.70 bits per heavy atom. The lowest BCUT2D eigenvalue weighted by Crippen LogP contribution is -2.61. The highest BCUT2D eigenvalue weighted by Crippen LogP contribution is 2.44. The lowest BCUT2D eigenvalue weighted by Gasteiger charge is -2.42. The van der Waals surface area contributed by atoms with Gasteiger partial charge in [0.15, 0.2) is 12.6 Å². The first-order valence-electron chi connectivity index (χ1n) is 35.2. The number of esters is 1. The number of morpholine rings is 1. The van der Waals surface area contributed by atoms with Gasteiger partial charge in [-0.2, -0.15) is 14.3 Å². The fourth-order valence-electron chi connectivity index (χ4n) is 15.0. The van der Waals surface area contributed by atoms with Gasteiger partial charge in [0.2, 0.25) is 15.9 Å². The highest BCUT2D eigenvalue weighted by atomic mass is 32.2. The summed E-state index contributed by atoms with van der Waals surface area (Å²) in [5.74, 6) is 1.42. The molecule has 556 valence electrons. The Hall–Kier alpha value is -9.57. The molecule has 4 fully saturated rings. The van der Waals surface area contributed by atoms with E-state index in [1.54, 1.807) is 60.7 Å². The van der Waals surface area contributed by atoms with Crippen molar-refractivity contribution in [3.8, 4) is 52.6 Å². The standard InChI is InChI=1S/C76H87F2N11O15S/c1-12-56-60(77)21-17-48-30-54(102-44-95-10)33-58(66(48)56)68-67(78)69-59(36-79-68)71(87-39-51-18-19-52(40-87)89(51)74(92)104-75(5,6)7)81-73(80-69)101-43-76(23-14-24-84(76)8)72(91)86-25-26-99-55(41-86)42-97-27-28-100-53-20-22-64-62(34-53)103-46(4)37-88(105(64,93)94)38-50-29-47(16-15-45(50)3)57(35-65(90)98-13-2)49-31-61-70(63(32-49)96-11)85(9)83-82-61/h1,15-17,20-22,29-34,36,46,51-52,55,57H,13-14,18-19,23-28,35,37-44H2,2-11H3/t46-,51-,52+,55?,57?,76-/m1/s1. The Bertz CT molecular complexity index is 4790. The highest BCUT2D eigenvalue weighted by Gasteiger charge is 2.50. The van der Waals surface area contributed by atoms with E-state index in [1.807, 2.05) is 74.9 Å². The molecular formula is C76H87F2N11O15S. The van der Waals surface area contributed by atoms with E-state index in [1.165, 1.54) is 41.9 Å². The number of carbonyl (C=O) groups is 3. The smallest absolute Gasteiger partial charge is 0.410 e. The minimum Gasteiger partial charge on any atom is -0.494 e. The average Bonchev–Trinajstić information content (AvgIpc) is 1.20. The van der Waals surface area contributed by atoms with E-state index in [0.29, 0.717) is 85.6 Å². The van der Waals surface area contributed by atoms with Crippen LogP contribution in [-0.4, -0.2) is 218 Å². The van der Waals surface area contributed by atoms with Crippen molar-refractivity contribution in [2.24, 2.45) is 7.05 Å². The van der Waals surface area contributed by atoms with E-state index >= 15 is 13.6 Å². The van der Waals surface area contributed by atoms with Crippen molar-refractivity contribution in [1.82, 2.24) is 49.0 Å². The van der Waals surface area contributed by atoms with Crippen LogP contribution < -0.4 is 28.6 Å². The van der Waals surface area contributed by atoms with Crippen LogP contribution in [0.15, 0.2) is 83.9 Å². The number of ether oxygens (including phenoxy) is 10. The molecule has 8 aromatic rings. The van der Waals surface area contributed by atoms with Crippen LogP contribution in [-0.2, 0) is 56.9 Å². The number of fused-ring (bicyclic) bond motifs is 6. The molecule has 4 saturated heterocycles. The molecule has 0 N–H and O–H groups in total. The zero-order valence-electron chi connectivity index (χ0n) is 60.6. The first kappa shape index (κ1) is 73.7. The number of amides is 2. The number of methoxy groups -OCH3 is 2. The number of halogens is 2. The number of piperazine rings is 1. The summed E-state index contributed by atoms with van der Waals surface area (Å²) in [5.41, 5.74) is 2.17. The second-order valence-corrected chi connectivity index (χ2v) is 30.2. The molecular weight excluding hydrogens is 1380 g/mol. The number of rotatable bonds is 23. The van der Waals surface area contributed by atoms with Gasteiger partial charge in [-0.15, -0.1) is 11.5 Å². The van der Waals surface area contributed by atoms with Gasteiger partial charge in [-0.3, -0.25) is 24.4 Å². The quantitative estimate of drug-likeness (QED) is 0.0250. The number of aryl methyl sites for hydroxylation is 2. The molecule has 26 nitrogen and oxygen atoms in total. The van der Waals surface area contributed by atoms with Gasteiger partial charge in [-0.1, -0.05) is 35.4 Å². The Morgan fingerprint density at radius 3 is 2.43 bits per heavy atom. The number of anilines is 1. The summed E-state index contributed by atoms with van der Waals surface area (Å²) in [7, 11) is 2.53. The largest absolute Gasteiger partial charge is 0.494 e. The van der Waals surface area contributed by atoms with Crippen LogP contribution in [0.1, 0.15) is 100 Å². The maximum atomic E-state index is 18.0. The predicted octanol–water partition coefficient (Wildman–Crippen LogP) is 9.50. The zero-order chi connectivity index (χ0) is 74.2. The topological polar surface area (TPSA) is 263 Å². The summed E-state index contributed by atoms with van der Waals surface area (Å²) in [6.45, 7) is 13.2. The van der Waals surface area contributed by atoms with Gasteiger partial charge in [-0.25, -0.2) is 26.7 Å². The first-order chi connectivity index (χ1) is 50.4. The fraction of sp³-hybridized carbons (Fsp3) is 0.474. The van der Waals surface area contributed by atoms with Crippen molar-refractivity contribution in [3.05, 3.63) is 118 Å². The number of hydrogen-bond acceptors (Lipinski definition) is 22. The Balaban J connectivity index is 0.683. The highest BCUT2D eigenvalue weighted by molar-refractivity contribution is 7.89. The third kappa shape index (κ3) is 15.1. The van der Waals surface area contributed by atoms with Crippen molar-refractivity contribution in [3.63, 3.8) is 0 Å². The van der Waals surface area contributed by atoms with Gasteiger partial charge in [0, 0.05) is 76.0 Å². The molecule has 5 aliphatic rings. The number of likely N-dealkylation sites (N-methyl/N-ethyl adjacent to an activating group) is 1. The molecule has 0 radical (unpaired) electrons. The second kappa shape index (κ2) is 30.5. The van der Waals surface area contributed by atoms with Gasteiger partial charge >= 0.3 is 18.1 Å².